The second-order valence-electron chi connectivity index (χ2n) is 4.15. The van der Waals surface area contributed by atoms with E-state index in [0.29, 0.717) is 24.0 Å². The zero-order valence-corrected chi connectivity index (χ0v) is 11.5. The Hall–Kier alpha value is -0.640. The smallest absolute Gasteiger partial charge is 0.275 e. The summed E-state index contributed by atoms with van der Waals surface area (Å²) in [6, 6.07) is 2.08. The summed E-state index contributed by atoms with van der Waals surface area (Å²) in [5.74, 6) is -0.0639. The van der Waals surface area contributed by atoms with Crippen molar-refractivity contribution in [1.82, 2.24) is 5.32 Å². The van der Waals surface area contributed by atoms with Crippen LogP contribution in [0.15, 0.2) is 0 Å². The number of nitriles is 1. The molecule has 0 unspecified atom stereocenters. The molecule has 1 amide bonds. The average molecular weight is 294 g/mol. The van der Waals surface area contributed by atoms with Gasteiger partial charge in [0.05, 0.1) is 33.3 Å². The van der Waals surface area contributed by atoms with Gasteiger partial charge in [-0.3, -0.25) is 4.79 Å². The topological polar surface area (TPSA) is 73.1 Å². The molecule has 0 saturated heterocycles. The molecule has 0 heterocycles. The van der Waals surface area contributed by atoms with Crippen LogP contribution in [0, 0.1) is 11.3 Å². The molecule has 0 aromatic rings. The van der Waals surface area contributed by atoms with Crippen LogP contribution in [0.1, 0.15) is 12.8 Å². The number of hydrogen-bond donors (Lipinski definition) is 2. The Bertz CT molecular complexity index is 239. The van der Waals surface area contributed by atoms with E-state index >= 15 is 0 Å². The lowest BCUT2D eigenvalue weighted by Gasteiger charge is -2.28. The summed E-state index contributed by atoms with van der Waals surface area (Å²) in [6.45, 7) is 1.45. The third-order valence-electron chi connectivity index (χ3n) is 2.06. The maximum Gasteiger partial charge on any atom is 0.275 e. The number of rotatable bonds is 7. The van der Waals surface area contributed by atoms with Crippen LogP contribution in [0.2, 0.25) is 0 Å². The monoisotopic (exact) mass is 293 g/mol. The second kappa shape index (κ2) is 9.58. The molecule has 0 aromatic heterocycles. The number of nitrogens with one attached hydrogen (secondary N) is 1. The lowest BCUT2D eigenvalue weighted by Crippen LogP contribution is -3.00. The van der Waals surface area contributed by atoms with E-state index in [1.165, 1.54) is 0 Å². The molecule has 0 aliphatic carbocycles. The Morgan fingerprint density at radius 2 is 2.12 bits per heavy atom. The van der Waals surface area contributed by atoms with Gasteiger partial charge in [-0.1, -0.05) is 0 Å². The maximum absolute atomic E-state index is 11.3. The van der Waals surface area contributed by atoms with Gasteiger partial charge in [0.1, 0.15) is 0 Å². The van der Waals surface area contributed by atoms with E-state index in [1.54, 1.807) is 0 Å². The van der Waals surface area contributed by atoms with Crippen molar-refractivity contribution >= 4 is 5.91 Å². The van der Waals surface area contributed by atoms with Gasteiger partial charge < -0.3 is 31.9 Å². The lowest BCUT2D eigenvalue weighted by molar-refractivity contribution is -0.882. The fourth-order valence-electron chi connectivity index (χ4n) is 1.31. The van der Waals surface area contributed by atoms with Crippen molar-refractivity contribution in [3.63, 3.8) is 0 Å². The Morgan fingerprint density at radius 3 is 2.62 bits per heavy atom. The number of halogens is 1. The summed E-state index contributed by atoms with van der Waals surface area (Å²) >= 11 is 0. The Labute approximate surface area is 107 Å². The number of nitrogens with zero attached hydrogens (tertiary/aromatic N) is 2. The minimum Gasteiger partial charge on any atom is -1.00 e. The van der Waals surface area contributed by atoms with Crippen molar-refractivity contribution in [2.45, 2.75) is 12.8 Å². The second-order valence-corrected chi connectivity index (χ2v) is 4.15. The molecule has 6 heteroatoms. The molecule has 0 aromatic carbocycles. The summed E-state index contributed by atoms with van der Waals surface area (Å²) in [5.41, 5.74) is 0. The zero-order valence-electron chi connectivity index (χ0n) is 9.87. The van der Waals surface area contributed by atoms with Crippen molar-refractivity contribution in [2.75, 3.05) is 40.3 Å². The van der Waals surface area contributed by atoms with E-state index in [9.17, 15) is 4.79 Å². The van der Waals surface area contributed by atoms with Crippen molar-refractivity contribution in [3.05, 3.63) is 0 Å². The number of aliphatic hydroxyl groups excluding tert-OH is 1. The first-order chi connectivity index (χ1) is 7.02. The number of hydrogen-bond acceptors (Lipinski definition) is 3. The van der Waals surface area contributed by atoms with Gasteiger partial charge in [-0.15, -0.1) is 0 Å². The van der Waals surface area contributed by atoms with Gasteiger partial charge >= 0.3 is 0 Å². The Kier molecular flexibility index (Phi) is 10.6. The molecule has 0 rings (SSSR count). The molecule has 2 N–H and O–H groups in total. The number of unbranched alkanes of at least 4 members (excludes halogenated alkanes) is 1. The highest BCUT2D eigenvalue weighted by atomic mass is 79.9. The Balaban J connectivity index is 0. The van der Waals surface area contributed by atoms with Crippen molar-refractivity contribution < 1.29 is 31.4 Å². The molecular formula is C10H20BrN3O2. The number of quaternary nitrogens is 1. The molecule has 16 heavy (non-hydrogen) atoms. The molecule has 0 aliphatic rings. The van der Waals surface area contributed by atoms with Crippen LogP contribution in [0.25, 0.3) is 0 Å². The summed E-state index contributed by atoms with van der Waals surface area (Å²) < 4.78 is 0.568. The average Bonchev–Trinajstić information content (AvgIpc) is 2.14. The predicted molar refractivity (Wildman–Crippen MR) is 56.8 cm³/mol. The van der Waals surface area contributed by atoms with Gasteiger partial charge in [-0.25, -0.2) is 0 Å². The highest BCUT2D eigenvalue weighted by molar-refractivity contribution is 5.77. The van der Waals surface area contributed by atoms with E-state index in [0.717, 1.165) is 13.0 Å². The molecule has 0 atom stereocenters. The van der Waals surface area contributed by atoms with Crippen LogP contribution in [0.3, 0.4) is 0 Å². The molecule has 0 saturated carbocycles. The van der Waals surface area contributed by atoms with Crippen LogP contribution in [0.5, 0.6) is 0 Å². The molecule has 0 spiro atoms. The van der Waals surface area contributed by atoms with E-state index in [2.05, 4.69) is 11.4 Å². The van der Waals surface area contributed by atoms with Crippen LogP contribution >= 0.6 is 0 Å². The Morgan fingerprint density at radius 1 is 1.50 bits per heavy atom. The van der Waals surface area contributed by atoms with Gasteiger partial charge in [0.25, 0.3) is 5.91 Å². The number of carbonyl (C=O) groups excluding carboxylic acids is 1. The van der Waals surface area contributed by atoms with Gasteiger partial charge in [0, 0.05) is 19.4 Å². The molecule has 0 fully saturated rings. The largest absolute Gasteiger partial charge is 1.00 e. The van der Waals surface area contributed by atoms with Crippen molar-refractivity contribution in [3.8, 4) is 6.07 Å². The normalized spacial score (nSPS) is 10.1. The summed E-state index contributed by atoms with van der Waals surface area (Å²) in [5, 5.41) is 19.5. The predicted octanol–water partition coefficient (Wildman–Crippen LogP) is -3.52. The van der Waals surface area contributed by atoms with Crippen molar-refractivity contribution in [1.29, 1.82) is 5.26 Å². The lowest BCUT2D eigenvalue weighted by atomic mass is 10.3. The van der Waals surface area contributed by atoms with Gasteiger partial charge in [-0.05, 0) is 0 Å². The molecule has 0 bridgehead atoms. The fraction of sp³-hybridized carbons (Fsp3) is 0.800. The quantitative estimate of drug-likeness (QED) is 0.378. The van der Waals surface area contributed by atoms with Crippen molar-refractivity contribution in [2.24, 2.45) is 0 Å². The number of aliphatic hydroxyl groups is 1. The first kappa shape index (κ1) is 17.7. The standard InChI is InChI=1S/C10H19N3O2.BrH/c1-13(2,7-4-3-5-11)9-10(15)12-6-8-14;/h14H,3-4,6-9H2,1-2H3;1H. The van der Waals surface area contributed by atoms with Crippen LogP contribution in [-0.2, 0) is 4.79 Å². The molecule has 5 nitrogen and oxygen atoms in total. The van der Waals surface area contributed by atoms with E-state index in [1.807, 2.05) is 14.1 Å². The van der Waals surface area contributed by atoms with Crippen LogP contribution in [0.4, 0.5) is 0 Å². The third kappa shape index (κ3) is 9.90. The number of likely N-dealkylation sites (N-methyl/N-ethyl adjacent to an activating group) is 1. The highest BCUT2D eigenvalue weighted by Crippen LogP contribution is 2.00. The molecular weight excluding hydrogens is 274 g/mol. The summed E-state index contributed by atoms with van der Waals surface area (Å²) in [4.78, 5) is 11.3. The number of amides is 1. The van der Waals surface area contributed by atoms with Gasteiger partial charge in [-0.2, -0.15) is 5.26 Å². The van der Waals surface area contributed by atoms with Crippen LogP contribution in [-0.4, -0.2) is 55.8 Å². The van der Waals surface area contributed by atoms with E-state index < -0.39 is 0 Å². The van der Waals surface area contributed by atoms with Crippen LogP contribution < -0.4 is 22.3 Å². The molecule has 0 aliphatic heterocycles. The SMILES string of the molecule is C[N+](C)(CCCC#N)CC(=O)NCCO.[Br-]. The summed E-state index contributed by atoms with van der Waals surface area (Å²) in [6.07, 6.45) is 1.33. The minimum absolute atomic E-state index is 0. The fourth-order valence-corrected chi connectivity index (χ4v) is 1.31. The molecule has 94 valence electrons. The van der Waals surface area contributed by atoms with E-state index in [-0.39, 0.29) is 29.5 Å². The maximum atomic E-state index is 11.3. The first-order valence-corrected chi connectivity index (χ1v) is 5.08. The third-order valence-corrected chi connectivity index (χ3v) is 2.06. The van der Waals surface area contributed by atoms with Gasteiger partial charge in [0.2, 0.25) is 0 Å². The van der Waals surface area contributed by atoms with Gasteiger partial charge in [0.15, 0.2) is 6.54 Å². The first-order valence-electron chi connectivity index (χ1n) is 5.08. The minimum atomic E-state index is -0.0639. The summed E-state index contributed by atoms with van der Waals surface area (Å²) in [7, 11) is 3.91. The molecule has 0 radical (unpaired) electrons. The zero-order chi connectivity index (χ0) is 11.7. The van der Waals surface area contributed by atoms with E-state index in [4.69, 9.17) is 10.4 Å². The highest BCUT2D eigenvalue weighted by Gasteiger charge is 2.18. The number of carbonyl (C=O) groups is 1.